The summed E-state index contributed by atoms with van der Waals surface area (Å²) >= 11 is 5.03. The van der Waals surface area contributed by atoms with Crippen molar-refractivity contribution in [3.63, 3.8) is 0 Å². The lowest BCUT2D eigenvalue weighted by Gasteiger charge is -2.18. The van der Waals surface area contributed by atoms with E-state index < -0.39 is 0 Å². The fraction of sp³-hybridized carbons (Fsp3) is 0.455. The van der Waals surface area contributed by atoms with E-state index in [1.807, 2.05) is 11.4 Å². The summed E-state index contributed by atoms with van der Waals surface area (Å²) in [6.45, 7) is 3.13. The van der Waals surface area contributed by atoms with E-state index in [9.17, 15) is 0 Å². The lowest BCUT2D eigenvalue weighted by molar-refractivity contribution is 0.275. The van der Waals surface area contributed by atoms with Crippen LogP contribution in [0.15, 0.2) is 20.4 Å². The van der Waals surface area contributed by atoms with Crippen molar-refractivity contribution in [1.82, 2.24) is 15.5 Å². The first-order valence-corrected chi connectivity index (χ1v) is 7.18. The second-order valence-electron chi connectivity index (χ2n) is 4.41. The number of hydrogen-bond acceptors (Lipinski definition) is 5. The molecule has 0 bridgehead atoms. The third-order valence-corrected chi connectivity index (χ3v) is 4.74. The number of nitrogens with zero attached hydrogens (tertiary/aromatic N) is 2. The molecule has 90 valence electrons. The molecule has 4 nitrogen and oxygen atoms in total. The molecule has 0 spiro atoms. The molecule has 1 atom stereocenters. The fourth-order valence-corrected chi connectivity index (χ4v) is 3.41. The molecule has 1 saturated heterocycles. The van der Waals surface area contributed by atoms with E-state index in [0.717, 1.165) is 28.7 Å². The Morgan fingerprint density at radius 3 is 3.12 bits per heavy atom. The number of nitrogens with one attached hydrogen (secondary N) is 1. The van der Waals surface area contributed by atoms with Crippen molar-refractivity contribution < 1.29 is 4.52 Å². The predicted octanol–water partition coefficient (Wildman–Crippen LogP) is 3.16. The van der Waals surface area contributed by atoms with Crippen LogP contribution in [0.25, 0.3) is 10.7 Å². The van der Waals surface area contributed by atoms with Gasteiger partial charge in [-0.1, -0.05) is 5.16 Å². The SMILES string of the molecule is CC1(c2nc(-c3cc(Br)cs3)no2)CCCN1. The maximum atomic E-state index is 5.38. The van der Waals surface area contributed by atoms with Gasteiger partial charge in [-0.05, 0) is 48.3 Å². The molecule has 1 N–H and O–H groups in total. The van der Waals surface area contributed by atoms with E-state index in [4.69, 9.17) is 4.52 Å². The Morgan fingerprint density at radius 2 is 2.47 bits per heavy atom. The molecule has 17 heavy (non-hydrogen) atoms. The fourth-order valence-electron chi connectivity index (χ4n) is 2.06. The first-order valence-electron chi connectivity index (χ1n) is 5.51. The molecule has 3 heterocycles. The standard InChI is InChI=1S/C11H12BrN3OS/c1-11(3-2-4-13-11)10-14-9(15-16-10)8-5-7(12)6-17-8/h5-6,13H,2-4H2,1H3. The van der Waals surface area contributed by atoms with Gasteiger partial charge in [0.25, 0.3) is 0 Å². The lowest BCUT2D eigenvalue weighted by Crippen LogP contribution is -2.33. The van der Waals surface area contributed by atoms with Gasteiger partial charge in [0, 0.05) is 9.85 Å². The number of hydrogen-bond donors (Lipinski definition) is 1. The first-order chi connectivity index (χ1) is 8.17. The van der Waals surface area contributed by atoms with Crippen LogP contribution >= 0.6 is 27.3 Å². The molecular formula is C11H12BrN3OS. The molecule has 2 aromatic rings. The van der Waals surface area contributed by atoms with Gasteiger partial charge in [-0.25, -0.2) is 0 Å². The van der Waals surface area contributed by atoms with Crippen molar-refractivity contribution in [3.8, 4) is 10.7 Å². The van der Waals surface area contributed by atoms with E-state index >= 15 is 0 Å². The topological polar surface area (TPSA) is 51.0 Å². The molecule has 1 aliphatic heterocycles. The van der Waals surface area contributed by atoms with Crippen molar-refractivity contribution in [2.24, 2.45) is 0 Å². The Morgan fingerprint density at radius 1 is 1.59 bits per heavy atom. The van der Waals surface area contributed by atoms with Crippen LogP contribution in [0.5, 0.6) is 0 Å². The van der Waals surface area contributed by atoms with Crippen molar-refractivity contribution >= 4 is 27.3 Å². The Bertz CT molecular complexity index is 530. The third kappa shape index (κ3) is 2.05. The summed E-state index contributed by atoms with van der Waals surface area (Å²) in [6.07, 6.45) is 2.20. The molecular weight excluding hydrogens is 302 g/mol. The van der Waals surface area contributed by atoms with Crippen molar-refractivity contribution in [3.05, 3.63) is 21.8 Å². The molecule has 0 aliphatic carbocycles. The monoisotopic (exact) mass is 313 g/mol. The highest BCUT2D eigenvalue weighted by molar-refractivity contribution is 9.10. The zero-order valence-corrected chi connectivity index (χ0v) is 11.8. The van der Waals surface area contributed by atoms with Crippen LogP contribution in [0.1, 0.15) is 25.7 Å². The Hall–Kier alpha value is -0.720. The number of halogens is 1. The molecule has 0 aromatic carbocycles. The summed E-state index contributed by atoms with van der Waals surface area (Å²) in [5.41, 5.74) is -0.153. The summed E-state index contributed by atoms with van der Waals surface area (Å²) in [7, 11) is 0. The van der Waals surface area contributed by atoms with E-state index in [1.54, 1.807) is 11.3 Å². The van der Waals surface area contributed by atoms with Gasteiger partial charge in [0.1, 0.15) is 0 Å². The number of aromatic nitrogens is 2. The van der Waals surface area contributed by atoms with E-state index in [1.165, 1.54) is 0 Å². The third-order valence-electron chi connectivity index (χ3n) is 3.05. The van der Waals surface area contributed by atoms with Crippen molar-refractivity contribution in [2.45, 2.75) is 25.3 Å². The Kier molecular flexibility index (Phi) is 2.80. The van der Waals surface area contributed by atoms with Gasteiger partial charge in [-0.15, -0.1) is 11.3 Å². The van der Waals surface area contributed by atoms with Crippen molar-refractivity contribution in [1.29, 1.82) is 0 Å². The van der Waals surface area contributed by atoms with Gasteiger partial charge in [0.05, 0.1) is 10.4 Å². The molecule has 1 aliphatic rings. The first kappa shape index (κ1) is 11.4. The summed E-state index contributed by atoms with van der Waals surface area (Å²) in [5.74, 6) is 1.36. The maximum absolute atomic E-state index is 5.38. The van der Waals surface area contributed by atoms with Crippen molar-refractivity contribution in [2.75, 3.05) is 6.54 Å². The molecule has 1 unspecified atom stereocenters. The quantitative estimate of drug-likeness (QED) is 0.925. The van der Waals surface area contributed by atoms with Crippen LogP contribution < -0.4 is 5.32 Å². The molecule has 0 amide bonds. The van der Waals surface area contributed by atoms with E-state index in [2.05, 4.69) is 38.3 Å². The second-order valence-corrected chi connectivity index (χ2v) is 6.24. The van der Waals surface area contributed by atoms with Gasteiger partial charge >= 0.3 is 0 Å². The number of rotatable bonds is 2. The van der Waals surface area contributed by atoms with Gasteiger partial charge in [0.2, 0.25) is 11.7 Å². The highest BCUT2D eigenvalue weighted by atomic mass is 79.9. The van der Waals surface area contributed by atoms with Crippen LogP contribution in [-0.2, 0) is 5.54 Å². The van der Waals surface area contributed by atoms with Crippen LogP contribution in [0, 0.1) is 0 Å². The van der Waals surface area contributed by atoms with Gasteiger partial charge in [-0.2, -0.15) is 4.98 Å². The van der Waals surface area contributed by atoms with Crippen LogP contribution in [0.4, 0.5) is 0 Å². The molecule has 0 saturated carbocycles. The summed E-state index contributed by atoms with van der Waals surface area (Å²) in [5, 5.41) is 9.48. The van der Waals surface area contributed by atoms with Crippen LogP contribution in [0.3, 0.4) is 0 Å². The smallest absolute Gasteiger partial charge is 0.247 e. The van der Waals surface area contributed by atoms with E-state index in [-0.39, 0.29) is 5.54 Å². The Labute approximate surface area is 112 Å². The lowest BCUT2D eigenvalue weighted by atomic mass is 10.0. The normalized spacial score (nSPS) is 24.4. The maximum Gasteiger partial charge on any atom is 0.247 e. The minimum absolute atomic E-state index is 0.153. The van der Waals surface area contributed by atoms with Crippen LogP contribution in [-0.4, -0.2) is 16.7 Å². The summed E-state index contributed by atoms with van der Waals surface area (Å²) in [4.78, 5) is 5.52. The second kappa shape index (κ2) is 4.19. The van der Waals surface area contributed by atoms with E-state index in [0.29, 0.717) is 11.7 Å². The largest absolute Gasteiger partial charge is 0.337 e. The molecule has 0 radical (unpaired) electrons. The zero-order valence-electron chi connectivity index (χ0n) is 9.36. The summed E-state index contributed by atoms with van der Waals surface area (Å²) in [6, 6.07) is 2.00. The number of thiophene rings is 1. The van der Waals surface area contributed by atoms with Gasteiger partial charge < -0.3 is 9.84 Å². The predicted molar refractivity (Wildman–Crippen MR) is 69.9 cm³/mol. The van der Waals surface area contributed by atoms with Gasteiger partial charge in [-0.3, -0.25) is 0 Å². The Balaban J connectivity index is 1.92. The van der Waals surface area contributed by atoms with Gasteiger partial charge in [0.15, 0.2) is 0 Å². The molecule has 3 rings (SSSR count). The molecule has 1 fully saturated rings. The summed E-state index contributed by atoms with van der Waals surface area (Å²) < 4.78 is 6.43. The molecule has 2 aromatic heterocycles. The highest BCUT2D eigenvalue weighted by Crippen LogP contribution is 2.32. The molecule has 6 heteroatoms. The minimum atomic E-state index is -0.153. The highest BCUT2D eigenvalue weighted by Gasteiger charge is 2.35. The van der Waals surface area contributed by atoms with Crippen LogP contribution in [0.2, 0.25) is 0 Å². The average molecular weight is 314 g/mol. The minimum Gasteiger partial charge on any atom is -0.337 e. The zero-order chi connectivity index (χ0) is 11.9. The average Bonchev–Trinajstić information content (AvgIpc) is 2.96.